The number of likely N-dealkylation sites (N-methyl/N-ethyl adjacent to an activating group) is 1. The van der Waals surface area contributed by atoms with Gasteiger partial charge >= 0.3 is 0 Å². The molecule has 1 aromatic heterocycles. The van der Waals surface area contributed by atoms with Crippen LogP contribution in [0.15, 0.2) is 47.7 Å². The number of hydrogen-bond donors (Lipinski definition) is 0. The van der Waals surface area contributed by atoms with Gasteiger partial charge < -0.3 is 4.90 Å². The number of benzene rings is 1. The van der Waals surface area contributed by atoms with Crippen LogP contribution in [-0.2, 0) is 6.42 Å². The van der Waals surface area contributed by atoms with Crippen molar-refractivity contribution in [1.82, 2.24) is 9.99 Å². The molecule has 1 unspecified atom stereocenters. The number of fused-ring (bicyclic) bond motifs is 5. The van der Waals surface area contributed by atoms with Crippen molar-refractivity contribution in [2.45, 2.75) is 12.5 Å². The molecule has 3 heterocycles. The molecule has 0 N–H and O–H groups in total. The highest BCUT2D eigenvalue weighted by Crippen LogP contribution is 2.36. The van der Waals surface area contributed by atoms with E-state index in [1.54, 1.807) is 0 Å². The van der Waals surface area contributed by atoms with E-state index in [0.29, 0.717) is 0 Å². The number of hydrogen-bond acceptors (Lipinski definition) is 4. The number of rotatable bonds is 0. The van der Waals surface area contributed by atoms with Gasteiger partial charge in [0.15, 0.2) is 0 Å². The van der Waals surface area contributed by atoms with E-state index in [0.717, 1.165) is 18.8 Å². The Hall–Kier alpha value is -2.36. The molecule has 0 bridgehead atoms. The topological polar surface area (TPSA) is 31.7 Å². The number of aromatic nitrogens is 1. The number of pyridine rings is 1. The average molecular weight is 264 g/mol. The summed E-state index contributed by atoms with van der Waals surface area (Å²) in [6.45, 7) is 0.878. The van der Waals surface area contributed by atoms with Crippen molar-refractivity contribution < 1.29 is 0 Å². The lowest BCUT2D eigenvalue weighted by molar-refractivity contribution is 0.314. The minimum atomic E-state index is 0.282. The summed E-state index contributed by atoms with van der Waals surface area (Å²) in [5.74, 6) is 1.03. The lowest BCUT2D eigenvalue weighted by Gasteiger charge is -2.35. The van der Waals surface area contributed by atoms with E-state index in [4.69, 9.17) is 0 Å². The molecule has 4 heteroatoms. The molecule has 2 aromatic rings. The van der Waals surface area contributed by atoms with Crippen LogP contribution in [0.1, 0.15) is 22.7 Å². The Balaban J connectivity index is 1.95. The second-order valence-electron chi connectivity index (χ2n) is 5.36. The summed E-state index contributed by atoms with van der Waals surface area (Å²) in [6, 6.07) is 13.1. The summed E-state index contributed by atoms with van der Waals surface area (Å²) in [5.41, 5.74) is 4.03. The first-order chi connectivity index (χ1) is 9.83. The highest BCUT2D eigenvalue weighted by Gasteiger charge is 2.31. The van der Waals surface area contributed by atoms with Gasteiger partial charge in [0, 0.05) is 19.7 Å². The predicted octanol–water partition coefficient (Wildman–Crippen LogP) is 2.42. The fourth-order valence-corrected chi connectivity index (χ4v) is 3.09. The SMILES string of the molecule is CN1CC2c3ccccc3Cc3cccnc3N2C=N1. The van der Waals surface area contributed by atoms with Gasteiger partial charge in [0.25, 0.3) is 0 Å². The molecule has 20 heavy (non-hydrogen) atoms. The molecule has 1 aromatic carbocycles. The Labute approximate surface area is 118 Å². The summed E-state index contributed by atoms with van der Waals surface area (Å²) in [5, 5.41) is 6.41. The van der Waals surface area contributed by atoms with Crippen molar-refractivity contribution in [3.05, 3.63) is 59.3 Å². The number of hydrazone groups is 1. The molecular formula is C16H16N4. The van der Waals surface area contributed by atoms with Crippen LogP contribution in [0.4, 0.5) is 5.82 Å². The first-order valence-electron chi connectivity index (χ1n) is 6.88. The molecule has 1 atom stereocenters. The van der Waals surface area contributed by atoms with Gasteiger partial charge in [-0.1, -0.05) is 30.3 Å². The van der Waals surface area contributed by atoms with Crippen molar-refractivity contribution in [2.24, 2.45) is 5.10 Å². The first-order valence-corrected chi connectivity index (χ1v) is 6.88. The highest BCUT2D eigenvalue weighted by molar-refractivity contribution is 5.81. The molecule has 0 radical (unpaired) electrons. The van der Waals surface area contributed by atoms with E-state index < -0.39 is 0 Å². The quantitative estimate of drug-likeness (QED) is 0.732. The van der Waals surface area contributed by atoms with Crippen molar-refractivity contribution in [3.8, 4) is 0 Å². The lowest BCUT2D eigenvalue weighted by Crippen LogP contribution is -2.39. The van der Waals surface area contributed by atoms with Crippen LogP contribution >= 0.6 is 0 Å². The molecule has 0 amide bonds. The zero-order valence-electron chi connectivity index (χ0n) is 11.4. The summed E-state index contributed by atoms with van der Waals surface area (Å²) >= 11 is 0. The molecule has 4 nitrogen and oxygen atoms in total. The number of anilines is 1. The van der Waals surface area contributed by atoms with Crippen molar-refractivity contribution in [1.29, 1.82) is 0 Å². The van der Waals surface area contributed by atoms with Crippen LogP contribution in [0.3, 0.4) is 0 Å². The summed E-state index contributed by atoms with van der Waals surface area (Å²) < 4.78 is 0. The van der Waals surface area contributed by atoms with E-state index in [1.807, 2.05) is 30.7 Å². The Bertz CT molecular complexity index is 680. The van der Waals surface area contributed by atoms with Crippen LogP contribution in [0, 0.1) is 0 Å². The minimum Gasteiger partial charge on any atom is -0.306 e. The van der Waals surface area contributed by atoms with Gasteiger partial charge in [-0.15, -0.1) is 0 Å². The van der Waals surface area contributed by atoms with Crippen molar-refractivity contribution in [2.75, 3.05) is 18.5 Å². The van der Waals surface area contributed by atoms with Gasteiger partial charge in [-0.25, -0.2) is 4.98 Å². The van der Waals surface area contributed by atoms with Gasteiger partial charge in [0.2, 0.25) is 0 Å². The van der Waals surface area contributed by atoms with Gasteiger partial charge in [0.1, 0.15) is 12.2 Å². The van der Waals surface area contributed by atoms with Crippen LogP contribution in [0.2, 0.25) is 0 Å². The van der Waals surface area contributed by atoms with Crippen molar-refractivity contribution in [3.63, 3.8) is 0 Å². The first kappa shape index (κ1) is 11.5. The molecule has 2 aliphatic rings. The lowest BCUT2D eigenvalue weighted by atomic mass is 9.97. The van der Waals surface area contributed by atoms with E-state index in [1.165, 1.54) is 16.7 Å². The van der Waals surface area contributed by atoms with Crippen LogP contribution in [-0.4, -0.2) is 29.9 Å². The molecule has 4 rings (SSSR count). The predicted molar refractivity (Wildman–Crippen MR) is 79.8 cm³/mol. The molecule has 0 spiro atoms. The molecular weight excluding hydrogens is 248 g/mol. The van der Waals surface area contributed by atoms with Crippen LogP contribution < -0.4 is 4.90 Å². The maximum Gasteiger partial charge on any atom is 0.137 e. The summed E-state index contributed by atoms with van der Waals surface area (Å²) in [7, 11) is 2.01. The largest absolute Gasteiger partial charge is 0.306 e. The standard InChI is InChI=1S/C16H16N4/c1-19-10-15-14-7-3-2-5-12(14)9-13-6-4-8-17-16(13)20(15)11-18-19/h2-8,11,15H,9-10H2,1H3. The van der Waals surface area contributed by atoms with Gasteiger partial charge in [-0.05, 0) is 22.8 Å². The average Bonchev–Trinajstić information content (AvgIpc) is 2.61. The van der Waals surface area contributed by atoms with E-state index in [9.17, 15) is 0 Å². The fourth-order valence-electron chi connectivity index (χ4n) is 3.09. The maximum absolute atomic E-state index is 4.59. The fraction of sp³-hybridized carbons (Fsp3) is 0.250. The van der Waals surface area contributed by atoms with E-state index in [2.05, 4.69) is 45.3 Å². The molecule has 0 aliphatic carbocycles. The summed E-state index contributed by atoms with van der Waals surface area (Å²) in [4.78, 5) is 6.80. The monoisotopic (exact) mass is 264 g/mol. The van der Waals surface area contributed by atoms with Gasteiger partial charge in [0.05, 0.1) is 12.6 Å². The second-order valence-corrected chi connectivity index (χ2v) is 5.36. The van der Waals surface area contributed by atoms with Crippen LogP contribution in [0.25, 0.3) is 0 Å². The summed E-state index contributed by atoms with van der Waals surface area (Å²) in [6.07, 6.45) is 4.70. The molecule has 0 saturated carbocycles. The molecule has 2 aliphatic heterocycles. The Morgan fingerprint density at radius 3 is 2.90 bits per heavy atom. The highest BCUT2D eigenvalue weighted by atomic mass is 15.5. The van der Waals surface area contributed by atoms with Crippen LogP contribution in [0.5, 0.6) is 0 Å². The third-order valence-electron chi connectivity index (χ3n) is 4.05. The smallest absolute Gasteiger partial charge is 0.137 e. The van der Waals surface area contributed by atoms with Gasteiger partial charge in [-0.3, -0.25) is 5.01 Å². The zero-order valence-corrected chi connectivity index (χ0v) is 11.4. The molecule has 100 valence electrons. The van der Waals surface area contributed by atoms with Gasteiger partial charge in [-0.2, -0.15) is 5.10 Å². The minimum absolute atomic E-state index is 0.282. The van der Waals surface area contributed by atoms with E-state index >= 15 is 0 Å². The normalized spacial score (nSPS) is 19.9. The third-order valence-corrected chi connectivity index (χ3v) is 4.05. The molecule has 0 fully saturated rings. The Kier molecular flexibility index (Phi) is 2.49. The maximum atomic E-state index is 4.59. The second kappa shape index (κ2) is 4.34. The number of nitrogens with zero attached hydrogens (tertiary/aromatic N) is 4. The van der Waals surface area contributed by atoms with E-state index in [-0.39, 0.29) is 6.04 Å². The Morgan fingerprint density at radius 1 is 1.10 bits per heavy atom. The molecule has 0 saturated heterocycles. The Morgan fingerprint density at radius 2 is 1.95 bits per heavy atom. The zero-order chi connectivity index (χ0) is 13.5. The third kappa shape index (κ3) is 1.68. The van der Waals surface area contributed by atoms with Crippen molar-refractivity contribution >= 4 is 12.2 Å².